The third-order valence-corrected chi connectivity index (χ3v) is 4.12. The Hall–Kier alpha value is -0.720. The Bertz CT molecular complexity index is 341. The molecule has 1 aliphatic rings. The highest BCUT2D eigenvalue weighted by molar-refractivity contribution is 7.80. The third-order valence-electron chi connectivity index (χ3n) is 3.84. The van der Waals surface area contributed by atoms with Crippen LogP contribution in [0.1, 0.15) is 40.0 Å². The lowest BCUT2D eigenvalue weighted by Gasteiger charge is -2.38. The van der Waals surface area contributed by atoms with E-state index in [9.17, 15) is 4.79 Å². The summed E-state index contributed by atoms with van der Waals surface area (Å²) in [5.74, 6) is 0.138. The first-order chi connectivity index (χ1) is 9.93. The van der Waals surface area contributed by atoms with Gasteiger partial charge in [0.2, 0.25) is 5.91 Å². The second-order valence-corrected chi connectivity index (χ2v) is 6.53. The quantitative estimate of drug-likeness (QED) is 0.654. The summed E-state index contributed by atoms with van der Waals surface area (Å²) in [6.07, 6.45) is 2.70. The zero-order chi connectivity index (χ0) is 15.8. The summed E-state index contributed by atoms with van der Waals surface area (Å²) in [7, 11) is 0. The van der Waals surface area contributed by atoms with Crippen molar-refractivity contribution in [1.29, 1.82) is 0 Å². The standard InChI is InChI=1S/C15H30N4OS/c1-4-5-13(15(16)21)19-10-8-18(9-11-19)7-6-14(20)17-12(2)3/h12-13H,4-11H2,1-3H3,(H2,16,21)(H,17,20). The van der Waals surface area contributed by atoms with Gasteiger partial charge in [0.05, 0.1) is 11.0 Å². The third kappa shape index (κ3) is 6.72. The van der Waals surface area contributed by atoms with Crippen LogP contribution < -0.4 is 11.1 Å². The van der Waals surface area contributed by atoms with E-state index in [4.69, 9.17) is 18.0 Å². The van der Waals surface area contributed by atoms with Crippen LogP contribution in [0, 0.1) is 0 Å². The molecule has 1 rings (SSSR count). The zero-order valence-corrected chi connectivity index (χ0v) is 14.4. The van der Waals surface area contributed by atoms with Crippen LogP contribution in [0.3, 0.4) is 0 Å². The molecule has 1 aliphatic heterocycles. The molecule has 0 aromatic heterocycles. The van der Waals surface area contributed by atoms with Gasteiger partial charge in [-0.15, -0.1) is 0 Å². The molecule has 0 aliphatic carbocycles. The number of nitrogens with two attached hydrogens (primary N) is 1. The monoisotopic (exact) mass is 314 g/mol. The molecule has 21 heavy (non-hydrogen) atoms. The Balaban J connectivity index is 2.31. The van der Waals surface area contributed by atoms with Crippen LogP contribution >= 0.6 is 12.2 Å². The van der Waals surface area contributed by atoms with Crippen LogP contribution in [-0.4, -0.2) is 65.5 Å². The Morgan fingerprint density at radius 2 is 1.90 bits per heavy atom. The molecule has 0 bridgehead atoms. The number of thiocarbonyl (C=S) groups is 1. The van der Waals surface area contributed by atoms with E-state index in [1.54, 1.807) is 0 Å². The van der Waals surface area contributed by atoms with Crippen molar-refractivity contribution in [1.82, 2.24) is 15.1 Å². The number of nitrogens with zero attached hydrogens (tertiary/aromatic N) is 2. The van der Waals surface area contributed by atoms with E-state index < -0.39 is 0 Å². The molecule has 1 atom stereocenters. The topological polar surface area (TPSA) is 61.6 Å². The van der Waals surface area contributed by atoms with Gasteiger partial charge in [0, 0.05) is 45.2 Å². The van der Waals surface area contributed by atoms with Gasteiger partial charge in [-0.25, -0.2) is 0 Å². The largest absolute Gasteiger partial charge is 0.392 e. The number of carbonyl (C=O) groups is 1. The van der Waals surface area contributed by atoms with Gasteiger partial charge in [-0.1, -0.05) is 25.6 Å². The lowest BCUT2D eigenvalue weighted by molar-refractivity contribution is -0.122. The first-order valence-corrected chi connectivity index (χ1v) is 8.40. The minimum Gasteiger partial charge on any atom is -0.392 e. The molecule has 1 fully saturated rings. The summed E-state index contributed by atoms with van der Waals surface area (Å²) in [5.41, 5.74) is 5.86. The molecular weight excluding hydrogens is 284 g/mol. The number of hydrogen-bond acceptors (Lipinski definition) is 4. The van der Waals surface area contributed by atoms with E-state index in [1.165, 1.54) is 0 Å². The molecule has 1 saturated heterocycles. The fourth-order valence-corrected chi connectivity index (χ4v) is 3.00. The van der Waals surface area contributed by atoms with Gasteiger partial charge in [0.1, 0.15) is 0 Å². The molecule has 0 saturated carbocycles. The lowest BCUT2D eigenvalue weighted by atomic mass is 10.1. The Labute approximate surface area is 134 Å². The highest BCUT2D eigenvalue weighted by Crippen LogP contribution is 2.12. The van der Waals surface area contributed by atoms with Crippen LogP contribution in [0.15, 0.2) is 0 Å². The maximum Gasteiger partial charge on any atom is 0.221 e. The molecule has 0 aromatic carbocycles. The second-order valence-electron chi connectivity index (χ2n) is 6.06. The van der Waals surface area contributed by atoms with Crippen molar-refractivity contribution in [3.63, 3.8) is 0 Å². The number of piperazine rings is 1. The minimum atomic E-state index is 0.138. The summed E-state index contributed by atoms with van der Waals surface area (Å²) in [6.45, 7) is 10.9. The maximum atomic E-state index is 11.7. The number of amides is 1. The second kappa shape index (κ2) is 9.33. The van der Waals surface area contributed by atoms with Gasteiger partial charge < -0.3 is 16.0 Å². The first kappa shape index (κ1) is 18.3. The van der Waals surface area contributed by atoms with E-state index in [-0.39, 0.29) is 18.0 Å². The molecule has 5 nitrogen and oxygen atoms in total. The van der Waals surface area contributed by atoms with Crippen LogP contribution in [-0.2, 0) is 4.79 Å². The maximum absolute atomic E-state index is 11.7. The summed E-state index contributed by atoms with van der Waals surface area (Å²) in [5, 5.41) is 2.93. The Morgan fingerprint density at radius 1 is 1.29 bits per heavy atom. The van der Waals surface area contributed by atoms with E-state index in [1.807, 2.05) is 13.8 Å². The van der Waals surface area contributed by atoms with E-state index >= 15 is 0 Å². The Kier molecular flexibility index (Phi) is 8.14. The van der Waals surface area contributed by atoms with Crippen LogP contribution in [0.25, 0.3) is 0 Å². The van der Waals surface area contributed by atoms with E-state index in [0.717, 1.165) is 45.6 Å². The van der Waals surface area contributed by atoms with Gasteiger partial charge in [-0.3, -0.25) is 9.69 Å². The first-order valence-electron chi connectivity index (χ1n) is 7.99. The smallest absolute Gasteiger partial charge is 0.221 e. The average Bonchev–Trinajstić information content (AvgIpc) is 2.42. The minimum absolute atomic E-state index is 0.138. The highest BCUT2D eigenvalue weighted by atomic mass is 32.1. The van der Waals surface area contributed by atoms with Crippen molar-refractivity contribution in [2.45, 2.75) is 52.1 Å². The van der Waals surface area contributed by atoms with Gasteiger partial charge in [-0.05, 0) is 20.3 Å². The highest BCUT2D eigenvalue weighted by Gasteiger charge is 2.25. The average molecular weight is 314 g/mol. The molecule has 6 heteroatoms. The van der Waals surface area contributed by atoms with Crippen molar-refractivity contribution in [3.05, 3.63) is 0 Å². The number of nitrogens with one attached hydrogen (secondary N) is 1. The van der Waals surface area contributed by atoms with Crippen molar-refractivity contribution in [2.24, 2.45) is 5.73 Å². The molecule has 122 valence electrons. The summed E-state index contributed by atoms with van der Waals surface area (Å²) in [6, 6.07) is 0.450. The molecular formula is C15H30N4OS. The summed E-state index contributed by atoms with van der Waals surface area (Å²) >= 11 is 5.19. The summed E-state index contributed by atoms with van der Waals surface area (Å²) < 4.78 is 0. The van der Waals surface area contributed by atoms with Crippen molar-refractivity contribution < 1.29 is 4.79 Å². The van der Waals surface area contributed by atoms with E-state index in [0.29, 0.717) is 11.4 Å². The molecule has 0 aromatic rings. The Morgan fingerprint density at radius 3 is 2.38 bits per heavy atom. The predicted octanol–water partition coefficient (Wildman–Crippen LogP) is 0.974. The van der Waals surface area contributed by atoms with Crippen LogP contribution in [0.2, 0.25) is 0 Å². The fourth-order valence-electron chi connectivity index (χ4n) is 2.73. The molecule has 0 spiro atoms. The number of hydrogen-bond donors (Lipinski definition) is 2. The molecule has 0 radical (unpaired) electrons. The SMILES string of the molecule is CCCC(C(N)=S)N1CCN(CCC(=O)NC(C)C)CC1. The number of carbonyl (C=O) groups excluding carboxylic acids is 1. The fraction of sp³-hybridized carbons (Fsp3) is 0.867. The van der Waals surface area contributed by atoms with Crippen LogP contribution in [0.5, 0.6) is 0 Å². The van der Waals surface area contributed by atoms with Gasteiger partial charge in [-0.2, -0.15) is 0 Å². The lowest BCUT2D eigenvalue weighted by Crippen LogP contribution is -2.54. The summed E-state index contributed by atoms with van der Waals surface area (Å²) in [4.78, 5) is 17.0. The van der Waals surface area contributed by atoms with Crippen LogP contribution in [0.4, 0.5) is 0 Å². The number of rotatable bonds is 8. The van der Waals surface area contributed by atoms with Gasteiger partial charge in [0.15, 0.2) is 0 Å². The van der Waals surface area contributed by atoms with Crippen molar-refractivity contribution >= 4 is 23.1 Å². The van der Waals surface area contributed by atoms with E-state index in [2.05, 4.69) is 22.0 Å². The predicted molar refractivity (Wildman–Crippen MR) is 91.4 cm³/mol. The van der Waals surface area contributed by atoms with Gasteiger partial charge >= 0.3 is 0 Å². The molecule has 1 amide bonds. The molecule has 1 heterocycles. The molecule has 1 unspecified atom stereocenters. The zero-order valence-electron chi connectivity index (χ0n) is 13.6. The molecule has 3 N–H and O–H groups in total. The normalized spacial score (nSPS) is 18.7. The van der Waals surface area contributed by atoms with Crippen molar-refractivity contribution in [3.8, 4) is 0 Å². The van der Waals surface area contributed by atoms with Gasteiger partial charge in [0.25, 0.3) is 0 Å². The van der Waals surface area contributed by atoms with Crippen molar-refractivity contribution in [2.75, 3.05) is 32.7 Å².